The largest absolute Gasteiger partial charge is 0.465 e. The van der Waals surface area contributed by atoms with Crippen LogP contribution in [0.4, 0.5) is 5.69 Å². The van der Waals surface area contributed by atoms with Crippen LogP contribution in [0.25, 0.3) is 0 Å². The van der Waals surface area contributed by atoms with Gasteiger partial charge in [-0.25, -0.2) is 14.4 Å². The van der Waals surface area contributed by atoms with Crippen molar-refractivity contribution in [2.45, 2.75) is 19.6 Å². The van der Waals surface area contributed by atoms with Crippen LogP contribution in [0.15, 0.2) is 30.0 Å². The van der Waals surface area contributed by atoms with Crippen LogP contribution >= 0.6 is 0 Å². The number of nitriles is 1. The van der Waals surface area contributed by atoms with E-state index in [-0.39, 0.29) is 16.7 Å². The Bertz CT molecular complexity index is 766. The first kappa shape index (κ1) is 17.0. The van der Waals surface area contributed by atoms with Crippen molar-refractivity contribution in [2.24, 2.45) is 0 Å². The van der Waals surface area contributed by atoms with Gasteiger partial charge in [-0.3, -0.25) is 0 Å². The van der Waals surface area contributed by atoms with Crippen molar-refractivity contribution in [3.63, 3.8) is 0 Å². The van der Waals surface area contributed by atoms with Gasteiger partial charge in [0.15, 0.2) is 5.57 Å². The van der Waals surface area contributed by atoms with E-state index in [0.29, 0.717) is 5.69 Å². The number of cyclic esters (lactones) is 2. The van der Waals surface area contributed by atoms with Gasteiger partial charge in [-0.1, -0.05) is 0 Å². The number of benzene rings is 1. The number of hydrogen-bond donors (Lipinski definition) is 1. The van der Waals surface area contributed by atoms with E-state index < -0.39 is 23.7 Å². The second kappa shape index (κ2) is 6.42. The van der Waals surface area contributed by atoms with Gasteiger partial charge in [0.05, 0.1) is 18.2 Å². The molecular formula is C16H14N2O6. The molecule has 124 valence electrons. The maximum absolute atomic E-state index is 11.8. The minimum atomic E-state index is -1.32. The molecule has 1 saturated heterocycles. The molecule has 24 heavy (non-hydrogen) atoms. The van der Waals surface area contributed by atoms with Crippen molar-refractivity contribution < 1.29 is 28.6 Å². The number of anilines is 1. The molecule has 1 heterocycles. The SMILES string of the molecule is COC(=O)c1cc(NC=C2C(=O)OC(C)(C)OC2=O)ccc1C#N. The number of methoxy groups -OCH3 is 1. The molecule has 0 aromatic heterocycles. The van der Waals surface area contributed by atoms with Gasteiger partial charge >= 0.3 is 17.9 Å². The zero-order valence-electron chi connectivity index (χ0n) is 13.2. The van der Waals surface area contributed by atoms with Crippen molar-refractivity contribution >= 4 is 23.6 Å². The number of hydrogen-bond acceptors (Lipinski definition) is 8. The first-order valence-corrected chi connectivity index (χ1v) is 6.83. The van der Waals surface area contributed by atoms with Crippen molar-refractivity contribution in [1.29, 1.82) is 5.26 Å². The van der Waals surface area contributed by atoms with Crippen molar-refractivity contribution in [1.82, 2.24) is 0 Å². The first-order chi connectivity index (χ1) is 11.3. The molecular weight excluding hydrogens is 316 g/mol. The van der Waals surface area contributed by atoms with Crippen LogP contribution in [0.2, 0.25) is 0 Å². The Hall–Kier alpha value is -3.34. The summed E-state index contributed by atoms with van der Waals surface area (Å²) in [6, 6.07) is 6.16. The molecule has 2 rings (SSSR count). The number of nitrogens with one attached hydrogen (secondary N) is 1. The molecule has 1 aromatic carbocycles. The maximum Gasteiger partial charge on any atom is 0.350 e. The van der Waals surface area contributed by atoms with Crippen LogP contribution < -0.4 is 5.32 Å². The summed E-state index contributed by atoms with van der Waals surface area (Å²) in [5, 5.41) is 11.7. The van der Waals surface area contributed by atoms with E-state index in [1.807, 2.05) is 6.07 Å². The quantitative estimate of drug-likeness (QED) is 0.503. The Morgan fingerprint density at radius 1 is 1.29 bits per heavy atom. The highest BCUT2D eigenvalue weighted by Crippen LogP contribution is 2.23. The number of rotatable bonds is 3. The van der Waals surface area contributed by atoms with Crippen molar-refractivity contribution in [2.75, 3.05) is 12.4 Å². The fourth-order valence-electron chi connectivity index (χ4n) is 1.94. The topological polar surface area (TPSA) is 115 Å². The summed E-state index contributed by atoms with van der Waals surface area (Å²) in [5.41, 5.74) is 0.238. The third-order valence-corrected chi connectivity index (χ3v) is 3.05. The van der Waals surface area contributed by atoms with Gasteiger partial charge in [-0.05, 0) is 18.2 Å². The number of esters is 3. The lowest BCUT2D eigenvalue weighted by Crippen LogP contribution is -2.42. The van der Waals surface area contributed by atoms with Gasteiger partial charge < -0.3 is 19.5 Å². The molecule has 0 radical (unpaired) electrons. The second-order valence-corrected chi connectivity index (χ2v) is 5.24. The normalized spacial score (nSPS) is 15.7. The summed E-state index contributed by atoms with van der Waals surface area (Å²) in [5.74, 6) is -3.66. The Kier molecular flexibility index (Phi) is 4.55. The maximum atomic E-state index is 11.8. The molecule has 1 aliphatic rings. The Balaban J connectivity index is 2.26. The van der Waals surface area contributed by atoms with Crippen LogP contribution in [-0.2, 0) is 23.8 Å². The first-order valence-electron chi connectivity index (χ1n) is 6.83. The fourth-order valence-corrected chi connectivity index (χ4v) is 1.94. The molecule has 1 aromatic rings. The predicted molar refractivity (Wildman–Crippen MR) is 80.5 cm³/mol. The zero-order valence-corrected chi connectivity index (χ0v) is 13.2. The summed E-state index contributed by atoms with van der Waals surface area (Å²) in [6.07, 6.45) is 1.11. The molecule has 8 heteroatoms. The van der Waals surface area contributed by atoms with E-state index in [9.17, 15) is 14.4 Å². The van der Waals surface area contributed by atoms with Crippen LogP contribution in [0.1, 0.15) is 29.8 Å². The highest BCUT2D eigenvalue weighted by Gasteiger charge is 2.38. The summed E-state index contributed by atoms with van der Waals surface area (Å²) < 4.78 is 14.5. The van der Waals surface area contributed by atoms with Crippen LogP contribution in [0.3, 0.4) is 0 Å². The standard InChI is InChI=1S/C16H14N2O6/c1-16(2)23-14(20)12(15(21)24-16)8-18-10-5-4-9(7-17)11(6-10)13(19)22-3/h4-6,8,18H,1-3H3. The lowest BCUT2D eigenvalue weighted by Gasteiger charge is -2.29. The van der Waals surface area contributed by atoms with Crippen LogP contribution in [0, 0.1) is 11.3 Å². The van der Waals surface area contributed by atoms with Crippen molar-refractivity contribution in [3.8, 4) is 6.07 Å². The molecule has 0 atom stereocenters. The summed E-state index contributed by atoms with van der Waals surface area (Å²) in [4.78, 5) is 35.3. The van der Waals surface area contributed by atoms with Crippen LogP contribution in [-0.4, -0.2) is 30.8 Å². The molecule has 0 unspecified atom stereocenters. The summed E-state index contributed by atoms with van der Waals surface area (Å²) in [7, 11) is 1.20. The molecule has 0 amide bonds. The van der Waals surface area contributed by atoms with E-state index in [1.54, 1.807) is 0 Å². The monoisotopic (exact) mass is 330 g/mol. The minimum Gasteiger partial charge on any atom is -0.465 e. The lowest BCUT2D eigenvalue weighted by molar-refractivity contribution is -0.222. The number of carbonyl (C=O) groups excluding carboxylic acids is 3. The summed E-state index contributed by atoms with van der Waals surface area (Å²) >= 11 is 0. The molecule has 1 N–H and O–H groups in total. The van der Waals surface area contributed by atoms with Gasteiger partial charge in [0.2, 0.25) is 0 Å². The Morgan fingerprint density at radius 2 is 1.92 bits per heavy atom. The van der Waals surface area contributed by atoms with Crippen molar-refractivity contribution in [3.05, 3.63) is 41.1 Å². The molecule has 1 fully saturated rings. The van der Waals surface area contributed by atoms with E-state index in [0.717, 1.165) is 6.20 Å². The van der Waals surface area contributed by atoms with E-state index in [1.165, 1.54) is 39.2 Å². The predicted octanol–water partition coefficient (Wildman–Crippen LogP) is 1.48. The van der Waals surface area contributed by atoms with Gasteiger partial charge in [0, 0.05) is 25.7 Å². The van der Waals surface area contributed by atoms with Gasteiger partial charge in [-0.2, -0.15) is 5.26 Å². The highest BCUT2D eigenvalue weighted by atomic mass is 16.7. The van der Waals surface area contributed by atoms with E-state index in [4.69, 9.17) is 14.7 Å². The second-order valence-electron chi connectivity index (χ2n) is 5.24. The molecule has 0 saturated carbocycles. The summed E-state index contributed by atoms with van der Waals surface area (Å²) in [6.45, 7) is 2.88. The molecule has 1 aliphatic heterocycles. The van der Waals surface area contributed by atoms with Gasteiger partial charge in [-0.15, -0.1) is 0 Å². The van der Waals surface area contributed by atoms with Gasteiger partial charge in [0.1, 0.15) is 6.07 Å². The van der Waals surface area contributed by atoms with E-state index in [2.05, 4.69) is 10.1 Å². The Morgan fingerprint density at radius 3 is 2.46 bits per heavy atom. The molecule has 0 bridgehead atoms. The molecule has 8 nitrogen and oxygen atoms in total. The molecule has 0 aliphatic carbocycles. The number of ether oxygens (including phenoxy) is 3. The van der Waals surface area contributed by atoms with Crippen LogP contribution in [0.5, 0.6) is 0 Å². The smallest absolute Gasteiger partial charge is 0.350 e. The third kappa shape index (κ3) is 3.52. The highest BCUT2D eigenvalue weighted by molar-refractivity contribution is 6.15. The number of nitrogens with zero attached hydrogens (tertiary/aromatic N) is 1. The molecule has 0 spiro atoms. The lowest BCUT2D eigenvalue weighted by atomic mass is 10.1. The average molecular weight is 330 g/mol. The minimum absolute atomic E-state index is 0.0540. The average Bonchev–Trinajstić information content (AvgIpc) is 2.52. The van der Waals surface area contributed by atoms with E-state index >= 15 is 0 Å². The zero-order chi connectivity index (χ0) is 17.9. The Labute approximate surface area is 137 Å². The number of carbonyl (C=O) groups is 3. The fraction of sp³-hybridized carbons (Fsp3) is 0.250. The third-order valence-electron chi connectivity index (χ3n) is 3.05. The van der Waals surface area contributed by atoms with Gasteiger partial charge in [0.25, 0.3) is 5.79 Å².